The quantitative estimate of drug-likeness (QED) is 0.874. The Kier molecular flexibility index (Phi) is 5.51. The number of rotatable bonds is 5. The first-order valence-corrected chi connectivity index (χ1v) is 8.51. The van der Waals surface area contributed by atoms with Gasteiger partial charge in [-0.15, -0.1) is 0 Å². The van der Waals surface area contributed by atoms with Crippen molar-refractivity contribution in [1.29, 1.82) is 0 Å². The SMILES string of the molecule is O=C(Nc1cccc(CN2CCC(CO)C2)c1)c1ccccc1Cl. The van der Waals surface area contributed by atoms with E-state index in [-0.39, 0.29) is 12.5 Å². The molecule has 0 aliphatic carbocycles. The lowest BCUT2D eigenvalue weighted by Crippen LogP contribution is -2.21. The molecule has 126 valence electrons. The average molecular weight is 345 g/mol. The van der Waals surface area contributed by atoms with Crippen LogP contribution in [-0.4, -0.2) is 35.6 Å². The van der Waals surface area contributed by atoms with Gasteiger partial charge in [0, 0.05) is 25.4 Å². The van der Waals surface area contributed by atoms with E-state index in [1.54, 1.807) is 24.3 Å². The highest BCUT2D eigenvalue weighted by molar-refractivity contribution is 6.34. The van der Waals surface area contributed by atoms with Gasteiger partial charge in [0.1, 0.15) is 0 Å². The Labute approximate surface area is 147 Å². The molecule has 1 fully saturated rings. The predicted octanol–water partition coefficient (Wildman–Crippen LogP) is 3.41. The molecule has 0 aromatic heterocycles. The molecule has 2 aromatic carbocycles. The number of aliphatic hydroxyl groups excluding tert-OH is 1. The molecular formula is C19H21ClN2O2. The minimum Gasteiger partial charge on any atom is -0.396 e. The summed E-state index contributed by atoms with van der Waals surface area (Å²) in [6, 6.07) is 14.9. The summed E-state index contributed by atoms with van der Waals surface area (Å²) in [5.41, 5.74) is 2.37. The molecule has 0 radical (unpaired) electrons. The van der Waals surface area contributed by atoms with Crippen molar-refractivity contribution in [2.45, 2.75) is 13.0 Å². The van der Waals surface area contributed by atoms with Crippen molar-refractivity contribution in [3.8, 4) is 0 Å². The van der Waals surface area contributed by atoms with E-state index in [0.717, 1.165) is 37.3 Å². The lowest BCUT2D eigenvalue weighted by molar-refractivity contribution is 0.102. The Bertz CT molecular complexity index is 720. The van der Waals surface area contributed by atoms with Crippen LogP contribution < -0.4 is 5.32 Å². The number of amides is 1. The van der Waals surface area contributed by atoms with E-state index >= 15 is 0 Å². The van der Waals surface area contributed by atoms with Gasteiger partial charge in [0.2, 0.25) is 0 Å². The summed E-state index contributed by atoms with van der Waals surface area (Å²) in [6.45, 7) is 3.00. The van der Waals surface area contributed by atoms with Crippen LogP contribution in [0.3, 0.4) is 0 Å². The Balaban J connectivity index is 1.65. The third kappa shape index (κ3) is 4.15. The molecule has 1 amide bonds. The van der Waals surface area contributed by atoms with Gasteiger partial charge in [-0.05, 0) is 48.7 Å². The molecule has 24 heavy (non-hydrogen) atoms. The van der Waals surface area contributed by atoms with Gasteiger partial charge in [-0.3, -0.25) is 9.69 Å². The van der Waals surface area contributed by atoms with E-state index < -0.39 is 0 Å². The molecule has 1 aliphatic heterocycles. The van der Waals surface area contributed by atoms with Gasteiger partial charge in [0.25, 0.3) is 5.91 Å². The number of halogens is 1. The third-order valence-electron chi connectivity index (χ3n) is 4.34. The number of anilines is 1. The third-order valence-corrected chi connectivity index (χ3v) is 4.67. The van der Waals surface area contributed by atoms with Crippen LogP contribution in [0.4, 0.5) is 5.69 Å². The Hall–Kier alpha value is -1.88. The number of hydrogen-bond acceptors (Lipinski definition) is 3. The van der Waals surface area contributed by atoms with E-state index in [1.165, 1.54) is 0 Å². The van der Waals surface area contributed by atoms with Gasteiger partial charge in [-0.1, -0.05) is 35.9 Å². The summed E-state index contributed by atoms with van der Waals surface area (Å²) in [4.78, 5) is 14.7. The molecule has 3 rings (SSSR count). The van der Waals surface area contributed by atoms with Crippen LogP contribution in [0.1, 0.15) is 22.3 Å². The molecule has 4 nitrogen and oxygen atoms in total. The summed E-state index contributed by atoms with van der Waals surface area (Å²) in [7, 11) is 0. The van der Waals surface area contributed by atoms with Crippen molar-refractivity contribution in [3.05, 3.63) is 64.7 Å². The first-order valence-electron chi connectivity index (χ1n) is 8.14. The maximum atomic E-state index is 12.3. The van der Waals surface area contributed by atoms with Crippen LogP contribution >= 0.6 is 11.6 Å². The Morgan fingerprint density at radius 3 is 2.83 bits per heavy atom. The van der Waals surface area contributed by atoms with Crippen molar-refractivity contribution in [1.82, 2.24) is 4.90 Å². The highest BCUT2D eigenvalue weighted by Gasteiger charge is 2.21. The molecule has 5 heteroatoms. The highest BCUT2D eigenvalue weighted by Crippen LogP contribution is 2.21. The maximum absolute atomic E-state index is 12.3. The van der Waals surface area contributed by atoms with Crippen molar-refractivity contribution >= 4 is 23.2 Å². The van der Waals surface area contributed by atoms with E-state index in [9.17, 15) is 9.90 Å². The second kappa shape index (κ2) is 7.79. The molecule has 2 N–H and O–H groups in total. The number of likely N-dealkylation sites (tertiary alicyclic amines) is 1. The van der Waals surface area contributed by atoms with Crippen molar-refractivity contribution < 1.29 is 9.90 Å². The fraction of sp³-hybridized carbons (Fsp3) is 0.316. The number of aliphatic hydroxyl groups is 1. The molecule has 1 aliphatic rings. The van der Waals surface area contributed by atoms with E-state index in [2.05, 4.69) is 16.3 Å². The summed E-state index contributed by atoms with van der Waals surface area (Å²) in [6.07, 6.45) is 1.04. The van der Waals surface area contributed by atoms with Gasteiger partial charge in [0.15, 0.2) is 0 Å². The molecule has 0 saturated carbocycles. The molecule has 1 atom stereocenters. The zero-order valence-corrected chi connectivity index (χ0v) is 14.2. The minimum atomic E-state index is -0.209. The lowest BCUT2D eigenvalue weighted by Gasteiger charge is -2.16. The molecular weight excluding hydrogens is 324 g/mol. The molecule has 0 spiro atoms. The summed E-state index contributed by atoms with van der Waals surface area (Å²) in [5, 5.41) is 12.6. The van der Waals surface area contributed by atoms with Crippen LogP contribution in [0.25, 0.3) is 0 Å². The van der Waals surface area contributed by atoms with E-state index in [4.69, 9.17) is 11.6 Å². The summed E-state index contributed by atoms with van der Waals surface area (Å²) >= 11 is 6.07. The van der Waals surface area contributed by atoms with Gasteiger partial charge in [-0.2, -0.15) is 0 Å². The fourth-order valence-electron chi connectivity index (χ4n) is 3.05. The van der Waals surface area contributed by atoms with E-state index in [1.807, 2.05) is 18.2 Å². The summed E-state index contributed by atoms with van der Waals surface area (Å²) in [5.74, 6) is 0.173. The number of hydrogen-bond donors (Lipinski definition) is 2. The molecule has 1 saturated heterocycles. The molecule has 0 bridgehead atoms. The first-order chi connectivity index (χ1) is 11.7. The van der Waals surface area contributed by atoms with Gasteiger partial charge < -0.3 is 10.4 Å². The number of nitrogens with one attached hydrogen (secondary N) is 1. The monoisotopic (exact) mass is 344 g/mol. The van der Waals surface area contributed by atoms with Gasteiger partial charge in [-0.25, -0.2) is 0 Å². The Morgan fingerprint density at radius 1 is 1.25 bits per heavy atom. The van der Waals surface area contributed by atoms with Crippen molar-refractivity contribution in [2.75, 3.05) is 25.0 Å². The van der Waals surface area contributed by atoms with Crippen LogP contribution in [0.5, 0.6) is 0 Å². The second-order valence-corrected chi connectivity index (χ2v) is 6.61. The standard InChI is InChI=1S/C19H21ClN2O2/c20-18-7-2-1-6-17(18)19(24)21-16-5-3-4-14(10-16)11-22-9-8-15(12-22)13-23/h1-7,10,15,23H,8-9,11-13H2,(H,21,24). The number of benzene rings is 2. The number of carbonyl (C=O) groups is 1. The largest absolute Gasteiger partial charge is 0.396 e. The first kappa shape index (κ1) is 17.0. The second-order valence-electron chi connectivity index (χ2n) is 6.21. The van der Waals surface area contributed by atoms with Crippen LogP contribution in [0.2, 0.25) is 5.02 Å². The smallest absolute Gasteiger partial charge is 0.257 e. The van der Waals surface area contributed by atoms with Gasteiger partial charge in [0.05, 0.1) is 10.6 Å². The number of nitrogens with zero attached hydrogens (tertiary/aromatic N) is 1. The molecule has 2 aromatic rings. The average Bonchev–Trinajstić information content (AvgIpc) is 3.03. The summed E-state index contributed by atoms with van der Waals surface area (Å²) < 4.78 is 0. The fourth-order valence-corrected chi connectivity index (χ4v) is 3.28. The normalized spacial score (nSPS) is 17.8. The van der Waals surface area contributed by atoms with Crippen LogP contribution in [0.15, 0.2) is 48.5 Å². The predicted molar refractivity (Wildman–Crippen MR) is 96.3 cm³/mol. The zero-order valence-electron chi connectivity index (χ0n) is 13.4. The minimum absolute atomic E-state index is 0.209. The van der Waals surface area contributed by atoms with Crippen LogP contribution in [0, 0.1) is 5.92 Å². The zero-order chi connectivity index (χ0) is 16.9. The lowest BCUT2D eigenvalue weighted by atomic mass is 10.1. The Morgan fingerprint density at radius 2 is 2.08 bits per heavy atom. The van der Waals surface area contributed by atoms with Crippen molar-refractivity contribution in [3.63, 3.8) is 0 Å². The van der Waals surface area contributed by atoms with Crippen molar-refractivity contribution in [2.24, 2.45) is 5.92 Å². The van der Waals surface area contributed by atoms with Crippen LogP contribution in [-0.2, 0) is 6.54 Å². The topological polar surface area (TPSA) is 52.6 Å². The highest BCUT2D eigenvalue weighted by atomic mass is 35.5. The van der Waals surface area contributed by atoms with E-state index in [0.29, 0.717) is 16.5 Å². The molecule has 1 unspecified atom stereocenters. The molecule has 1 heterocycles. The number of carbonyl (C=O) groups excluding carboxylic acids is 1. The maximum Gasteiger partial charge on any atom is 0.257 e. The van der Waals surface area contributed by atoms with Gasteiger partial charge >= 0.3 is 0 Å².